The van der Waals surface area contributed by atoms with Crippen LogP contribution in [-0.2, 0) is 0 Å². The third kappa shape index (κ3) is 4.45. The average Bonchev–Trinajstić information content (AvgIpc) is 2.58. The first-order valence-electron chi connectivity index (χ1n) is 7.43. The SMILES string of the molecule is COc1ccc(/C=N\NC(=S)Nc2c(C)cccc2C)cc1OC. The number of anilines is 1. The smallest absolute Gasteiger partial charge is 0.191 e. The van der Waals surface area contributed by atoms with E-state index >= 15 is 0 Å². The Morgan fingerprint density at radius 1 is 1.04 bits per heavy atom. The molecule has 0 radical (unpaired) electrons. The largest absolute Gasteiger partial charge is 0.493 e. The van der Waals surface area contributed by atoms with Crippen LogP contribution in [0.25, 0.3) is 0 Å². The lowest BCUT2D eigenvalue weighted by molar-refractivity contribution is 0.355. The van der Waals surface area contributed by atoms with E-state index in [1.165, 1.54) is 0 Å². The molecule has 0 saturated heterocycles. The average molecular weight is 343 g/mol. The Labute approximate surface area is 147 Å². The van der Waals surface area contributed by atoms with E-state index in [2.05, 4.69) is 15.8 Å². The Bertz CT molecular complexity index is 740. The number of thiocarbonyl (C=S) groups is 1. The van der Waals surface area contributed by atoms with Crippen molar-refractivity contribution in [2.45, 2.75) is 13.8 Å². The second kappa shape index (κ2) is 8.31. The molecule has 5 nitrogen and oxygen atoms in total. The predicted octanol–water partition coefficient (Wildman–Crippen LogP) is 3.64. The molecule has 0 aliphatic rings. The van der Waals surface area contributed by atoms with E-state index in [0.29, 0.717) is 16.6 Å². The molecule has 0 aliphatic heterocycles. The summed E-state index contributed by atoms with van der Waals surface area (Å²) in [6, 6.07) is 11.6. The van der Waals surface area contributed by atoms with Crippen LogP contribution >= 0.6 is 12.2 Å². The van der Waals surface area contributed by atoms with Gasteiger partial charge in [0.1, 0.15) is 0 Å². The van der Waals surface area contributed by atoms with Crippen LogP contribution in [0.3, 0.4) is 0 Å². The van der Waals surface area contributed by atoms with E-state index in [1.54, 1.807) is 20.4 Å². The fraction of sp³-hybridized carbons (Fsp3) is 0.222. The van der Waals surface area contributed by atoms with Gasteiger partial charge in [-0.15, -0.1) is 0 Å². The van der Waals surface area contributed by atoms with Crippen LogP contribution in [0, 0.1) is 13.8 Å². The van der Waals surface area contributed by atoms with Crippen molar-refractivity contribution in [3.63, 3.8) is 0 Å². The van der Waals surface area contributed by atoms with E-state index in [-0.39, 0.29) is 0 Å². The minimum Gasteiger partial charge on any atom is -0.493 e. The van der Waals surface area contributed by atoms with E-state index < -0.39 is 0 Å². The number of hydrogen-bond donors (Lipinski definition) is 2. The molecule has 0 aromatic heterocycles. The van der Waals surface area contributed by atoms with Gasteiger partial charge in [-0.1, -0.05) is 18.2 Å². The quantitative estimate of drug-likeness (QED) is 0.493. The minimum absolute atomic E-state index is 0.434. The monoisotopic (exact) mass is 343 g/mol. The zero-order valence-electron chi connectivity index (χ0n) is 14.2. The number of methoxy groups -OCH3 is 2. The van der Waals surface area contributed by atoms with Crippen LogP contribution in [0.2, 0.25) is 0 Å². The molecule has 0 bridgehead atoms. The van der Waals surface area contributed by atoms with Crippen molar-refractivity contribution >= 4 is 29.2 Å². The highest BCUT2D eigenvalue weighted by atomic mass is 32.1. The zero-order chi connectivity index (χ0) is 17.5. The molecular formula is C18H21N3O2S. The van der Waals surface area contributed by atoms with Crippen LogP contribution in [0.1, 0.15) is 16.7 Å². The first-order chi connectivity index (χ1) is 11.5. The van der Waals surface area contributed by atoms with Crippen LogP contribution in [0.4, 0.5) is 5.69 Å². The van der Waals surface area contributed by atoms with Gasteiger partial charge in [-0.25, -0.2) is 0 Å². The Hall–Kier alpha value is -2.60. The van der Waals surface area contributed by atoms with Crippen LogP contribution in [0.15, 0.2) is 41.5 Å². The first kappa shape index (κ1) is 17.7. The number of ether oxygens (including phenoxy) is 2. The van der Waals surface area contributed by atoms with Crippen molar-refractivity contribution in [3.05, 3.63) is 53.1 Å². The summed E-state index contributed by atoms with van der Waals surface area (Å²) in [6.45, 7) is 4.07. The summed E-state index contributed by atoms with van der Waals surface area (Å²) in [6.07, 6.45) is 1.67. The molecule has 0 aliphatic carbocycles. The van der Waals surface area contributed by atoms with E-state index in [1.807, 2.05) is 50.2 Å². The second-order valence-electron chi connectivity index (χ2n) is 5.21. The Morgan fingerprint density at radius 2 is 1.71 bits per heavy atom. The van der Waals surface area contributed by atoms with Gasteiger partial charge in [0.25, 0.3) is 0 Å². The van der Waals surface area contributed by atoms with Crippen molar-refractivity contribution < 1.29 is 9.47 Å². The lowest BCUT2D eigenvalue weighted by atomic mass is 10.1. The molecule has 0 unspecified atom stereocenters. The highest BCUT2D eigenvalue weighted by Crippen LogP contribution is 2.26. The van der Waals surface area contributed by atoms with E-state index in [9.17, 15) is 0 Å². The molecule has 2 aromatic carbocycles. The maximum absolute atomic E-state index is 5.28. The summed E-state index contributed by atoms with van der Waals surface area (Å²) in [5, 5.41) is 7.75. The van der Waals surface area contributed by atoms with Gasteiger partial charge >= 0.3 is 0 Å². The topological polar surface area (TPSA) is 54.9 Å². The van der Waals surface area contributed by atoms with Gasteiger partial charge in [-0.05, 0) is 61.0 Å². The van der Waals surface area contributed by atoms with Crippen molar-refractivity contribution in [2.75, 3.05) is 19.5 Å². The van der Waals surface area contributed by atoms with Crippen LogP contribution < -0.4 is 20.2 Å². The standard InChI is InChI=1S/C18H21N3O2S/c1-12-6-5-7-13(2)17(12)20-18(24)21-19-11-14-8-9-15(22-3)16(10-14)23-4/h5-11H,1-4H3,(H2,20,21,24)/b19-11-. The third-order valence-corrected chi connectivity index (χ3v) is 3.70. The molecule has 2 aromatic rings. The fourth-order valence-electron chi connectivity index (χ4n) is 2.25. The third-order valence-electron chi connectivity index (χ3n) is 3.51. The number of nitrogens with zero attached hydrogens (tertiary/aromatic N) is 1. The van der Waals surface area contributed by atoms with E-state index in [4.69, 9.17) is 21.7 Å². The Morgan fingerprint density at radius 3 is 2.33 bits per heavy atom. The molecule has 0 amide bonds. The lowest BCUT2D eigenvalue weighted by Gasteiger charge is -2.12. The fourth-order valence-corrected chi connectivity index (χ4v) is 2.41. The van der Waals surface area contributed by atoms with Gasteiger partial charge in [0.2, 0.25) is 0 Å². The number of hydrogen-bond acceptors (Lipinski definition) is 4. The minimum atomic E-state index is 0.434. The highest BCUT2D eigenvalue weighted by Gasteiger charge is 2.04. The van der Waals surface area contributed by atoms with Gasteiger partial charge in [0.15, 0.2) is 16.6 Å². The lowest BCUT2D eigenvalue weighted by Crippen LogP contribution is -2.24. The maximum atomic E-state index is 5.28. The number of aryl methyl sites for hydroxylation is 2. The number of para-hydroxylation sites is 1. The van der Waals surface area contributed by atoms with Gasteiger partial charge < -0.3 is 14.8 Å². The molecule has 0 saturated carbocycles. The molecule has 0 atom stereocenters. The normalized spacial score (nSPS) is 10.5. The number of hydrazone groups is 1. The van der Waals surface area contributed by atoms with E-state index in [0.717, 1.165) is 22.4 Å². The molecule has 6 heteroatoms. The highest BCUT2D eigenvalue weighted by molar-refractivity contribution is 7.80. The summed E-state index contributed by atoms with van der Waals surface area (Å²) in [5.74, 6) is 1.33. The zero-order valence-corrected chi connectivity index (χ0v) is 15.0. The molecule has 0 heterocycles. The molecule has 0 spiro atoms. The van der Waals surface area contributed by atoms with Crippen LogP contribution in [-0.4, -0.2) is 25.5 Å². The summed E-state index contributed by atoms with van der Waals surface area (Å²) in [4.78, 5) is 0. The molecule has 0 fully saturated rings. The predicted molar refractivity (Wildman–Crippen MR) is 102 cm³/mol. The number of nitrogens with one attached hydrogen (secondary N) is 2. The van der Waals surface area contributed by atoms with Crippen molar-refractivity contribution in [2.24, 2.45) is 5.10 Å². The Balaban J connectivity index is 2.00. The van der Waals surface area contributed by atoms with Gasteiger partial charge in [-0.3, -0.25) is 5.43 Å². The Kier molecular flexibility index (Phi) is 6.14. The van der Waals surface area contributed by atoms with Crippen molar-refractivity contribution in [1.29, 1.82) is 0 Å². The summed E-state index contributed by atoms with van der Waals surface area (Å²) in [5.41, 5.74) is 6.94. The molecule has 126 valence electrons. The van der Waals surface area contributed by atoms with Crippen LogP contribution in [0.5, 0.6) is 11.5 Å². The van der Waals surface area contributed by atoms with Gasteiger partial charge in [-0.2, -0.15) is 5.10 Å². The number of rotatable bonds is 5. The summed E-state index contributed by atoms with van der Waals surface area (Å²) in [7, 11) is 3.20. The first-order valence-corrected chi connectivity index (χ1v) is 7.84. The number of benzene rings is 2. The maximum Gasteiger partial charge on any atom is 0.191 e. The molecule has 2 rings (SSSR count). The second-order valence-corrected chi connectivity index (χ2v) is 5.61. The molecule has 24 heavy (non-hydrogen) atoms. The van der Waals surface area contributed by atoms with Gasteiger partial charge in [0.05, 0.1) is 20.4 Å². The molecular weight excluding hydrogens is 322 g/mol. The molecule has 2 N–H and O–H groups in total. The summed E-state index contributed by atoms with van der Waals surface area (Å²) < 4.78 is 10.5. The van der Waals surface area contributed by atoms with Crippen molar-refractivity contribution in [1.82, 2.24) is 5.43 Å². The van der Waals surface area contributed by atoms with Crippen molar-refractivity contribution in [3.8, 4) is 11.5 Å². The summed E-state index contributed by atoms with van der Waals surface area (Å²) >= 11 is 5.28. The van der Waals surface area contributed by atoms with Gasteiger partial charge in [0, 0.05) is 5.69 Å².